The van der Waals surface area contributed by atoms with E-state index in [9.17, 15) is 13.2 Å². The molecule has 5 nitrogen and oxygen atoms in total. The summed E-state index contributed by atoms with van der Waals surface area (Å²) in [4.78, 5) is 12.8. The maximum atomic E-state index is 13.1. The van der Waals surface area contributed by atoms with E-state index in [0.717, 1.165) is 43.4 Å². The summed E-state index contributed by atoms with van der Waals surface area (Å²) in [6, 6.07) is 8.01. The Balaban J connectivity index is 1.52. The molecule has 0 unspecified atom stereocenters. The van der Waals surface area contributed by atoms with Gasteiger partial charge in [-0.15, -0.1) is 0 Å². The fourth-order valence-corrected chi connectivity index (χ4v) is 8.22. The Kier molecular flexibility index (Phi) is 5.10. The summed E-state index contributed by atoms with van der Waals surface area (Å²) in [6.07, 6.45) is 6.35. The lowest BCUT2D eigenvalue weighted by atomic mass is 9.70. The number of benzene rings is 1. The highest BCUT2D eigenvalue weighted by Gasteiger charge is 2.65. The van der Waals surface area contributed by atoms with Crippen LogP contribution in [0.5, 0.6) is 5.75 Å². The van der Waals surface area contributed by atoms with Crippen LogP contribution in [-0.4, -0.2) is 33.6 Å². The standard InChI is InChI=1S/C23H33NO4S/c1-21(2)18-10-13-23(21,20(25)14-18)16-29(26,27)24-15-22(11-4-5-12-22)17-6-8-19(28-3)9-7-17/h6-9,18,24H,4-5,10-16H2,1-3H3/t18-,23-/m0/s1. The van der Waals surface area contributed by atoms with E-state index in [0.29, 0.717) is 25.3 Å². The second-order valence-electron chi connectivity index (χ2n) is 9.96. The van der Waals surface area contributed by atoms with Gasteiger partial charge in [0.05, 0.1) is 12.9 Å². The number of fused-ring (bicyclic) bond motifs is 2. The third-order valence-electron chi connectivity index (χ3n) is 8.47. The molecule has 0 aliphatic heterocycles. The zero-order valence-electron chi connectivity index (χ0n) is 17.8. The molecule has 1 aromatic rings. The highest BCUT2D eigenvalue weighted by Crippen LogP contribution is 2.64. The van der Waals surface area contributed by atoms with Gasteiger partial charge < -0.3 is 4.74 Å². The molecule has 3 aliphatic carbocycles. The van der Waals surface area contributed by atoms with Gasteiger partial charge in [-0.25, -0.2) is 13.1 Å². The Morgan fingerprint density at radius 1 is 1.10 bits per heavy atom. The lowest BCUT2D eigenvalue weighted by molar-refractivity contribution is -0.128. The average Bonchev–Trinajstić information content (AvgIpc) is 3.31. The maximum absolute atomic E-state index is 13.1. The predicted molar refractivity (Wildman–Crippen MR) is 113 cm³/mol. The Bertz CT molecular complexity index is 884. The quantitative estimate of drug-likeness (QED) is 0.729. The van der Waals surface area contributed by atoms with E-state index in [1.165, 1.54) is 0 Å². The van der Waals surface area contributed by atoms with Gasteiger partial charge in [0.25, 0.3) is 0 Å². The van der Waals surface area contributed by atoms with Gasteiger partial charge in [0.2, 0.25) is 10.0 Å². The van der Waals surface area contributed by atoms with Crippen LogP contribution in [0.15, 0.2) is 24.3 Å². The van der Waals surface area contributed by atoms with Crippen molar-refractivity contribution in [1.29, 1.82) is 0 Å². The molecule has 0 heterocycles. The number of ketones is 1. The van der Waals surface area contributed by atoms with Gasteiger partial charge in [-0.1, -0.05) is 38.8 Å². The predicted octanol–water partition coefficient (Wildman–Crippen LogP) is 3.82. The van der Waals surface area contributed by atoms with Crippen molar-refractivity contribution in [2.45, 2.75) is 64.2 Å². The molecule has 6 heteroatoms. The average molecular weight is 420 g/mol. The summed E-state index contributed by atoms with van der Waals surface area (Å²) >= 11 is 0. The number of hydrogen-bond donors (Lipinski definition) is 1. The van der Waals surface area contributed by atoms with Gasteiger partial charge in [-0.05, 0) is 54.7 Å². The number of Topliss-reactive ketones (excluding diaryl/α,β-unsaturated/α-hetero) is 1. The second kappa shape index (κ2) is 7.09. The minimum absolute atomic E-state index is 0.0684. The van der Waals surface area contributed by atoms with E-state index < -0.39 is 15.4 Å². The molecule has 0 saturated heterocycles. The summed E-state index contributed by atoms with van der Waals surface area (Å²) in [5, 5.41) is 0. The van der Waals surface area contributed by atoms with Crippen LogP contribution < -0.4 is 9.46 Å². The summed E-state index contributed by atoms with van der Waals surface area (Å²) in [5.74, 6) is 1.21. The van der Waals surface area contributed by atoms with Crippen LogP contribution in [0.3, 0.4) is 0 Å². The van der Waals surface area contributed by atoms with E-state index in [2.05, 4.69) is 30.7 Å². The first-order valence-electron chi connectivity index (χ1n) is 10.8. The van der Waals surface area contributed by atoms with Crippen molar-refractivity contribution in [2.75, 3.05) is 19.4 Å². The minimum atomic E-state index is -3.55. The lowest BCUT2D eigenvalue weighted by Crippen LogP contribution is -2.47. The molecular weight excluding hydrogens is 386 g/mol. The smallest absolute Gasteiger partial charge is 0.212 e. The molecule has 0 amide bonds. The number of carbonyl (C=O) groups excluding carboxylic acids is 1. The summed E-state index contributed by atoms with van der Waals surface area (Å²) in [7, 11) is -1.91. The number of carbonyl (C=O) groups is 1. The molecule has 29 heavy (non-hydrogen) atoms. The van der Waals surface area contributed by atoms with Crippen LogP contribution in [0, 0.1) is 16.7 Å². The zero-order chi connectivity index (χ0) is 20.9. The normalized spacial score (nSPS) is 30.0. The summed E-state index contributed by atoms with van der Waals surface area (Å²) < 4.78 is 34.5. The van der Waals surface area contributed by atoms with E-state index in [4.69, 9.17) is 4.74 Å². The molecule has 3 fully saturated rings. The monoisotopic (exact) mass is 419 g/mol. The number of hydrogen-bond acceptors (Lipinski definition) is 4. The molecular formula is C23H33NO4S. The molecule has 3 saturated carbocycles. The Morgan fingerprint density at radius 3 is 2.28 bits per heavy atom. The minimum Gasteiger partial charge on any atom is -0.497 e. The van der Waals surface area contributed by atoms with E-state index in [1.807, 2.05) is 12.1 Å². The van der Waals surface area contributed by atoms with Crippen LogP contribution in [0.2, 0.25) is 0 Å². The first kappa shape index (κ1) is 20.9. The molecule has 4 rings (SSSR count). The topological polar surface area (TPSA) is 72.5 Å². The highest BCUT2D eigenvalue weighted by atomic mass is 32.2. The van der Waals surface area contributed by atoms with Crippen molar-refractivity contribution in [3.63, 3.8) is 0 Å². The maximum Gasteiger partial charge on any atom is 0.212 e. The SMILES string of the molecule is COc1ccc(C2(CNS(=O)(=O)C[C@@]34CC[C@@H](CC3=O)C4(C)C)CCCC2)cc1. The van der Waals surface area contributed by atoms with Crippen molar-refractivity contribution in [1.82, 2.24) is 4.72 Å². The number of nitrogens with one attached hydrogen (secondary N) is 1. The van der Waals surface area contributed by atoms with Crippen molar-refractivity contribution in [3.8, 4) is 5.75 Å². The summed E-state index contributed by atoms with van der Waals surface area (Å²) in [6.45, 7) is 4.57. The first-order chi connectivity index (χ1) is 13.6. The van der Waals surface area contributed by atoms with Crippen LogP contribution in [0.1, 0.15) is 64.4 Å². The number of rotatable bonds is 7. The van der Waals surface area contributed by atoms with Crippen LogP contribution >= 0.6 is 0 Å². The molecule has 160 valence electrons. The van der Waals surface area contributed by atoms with Gasteiger partial charge in [-0.3, -0.25) is 4.79 Å². The molecule has 2 atom stereocenters. The Labute approximate surface area is 174 Å². The third-order valence-corrected chi connectivity index (χ3v) is 9.93. The van der Waals surface area contributed by atoms with Crippen molar-refractivity contribution in [2.24, 2.45) is 16.7 Å². The van der Waals surface area contributed by atoms with E-state index >= 15 is 0 Å². The molecule has 1 N–H and O–H groups in total. The largest absolute Gasteiger partial charge is 0.497 e. The molecule has 0 spiro atoms. The molecule has 2 bridgehead atoms. The van der Waals surface area contributed by atoms with Gasteiger partial charge in [0, 0.05) is 23.8 Å². The van der Waals surface area contributed by atoms with Crippen molar-refractivity contribution >= 4 is 15.8 Å². The Morgan fingerprint density at radius 2 is 1.76 bits per heavy atom. The van der Waals surface area contributed by atoms with Gasteiger partial charge >= 0.3 is 0 Å². The fourth-order valence-electron chi connectivity index (χ4n) is 6.30. The van der Waals surface area contributed by atoms with Crippen molar-refractivity contribution < 1.29 is 17.9 Å². The highest BCUT2D eigenvalue weighted by molar-refractivity contribution is 7.89. The first-order valence-corrected chi connectivity index (χ1v) is 12.4. The lowest BCUT2D eigenvalue weighted by Gasteiger charge is -2.37. The van der Waals surface area contributed by atoms with Crippen molar-refractivity contribution in [3.05, 3.63) is 29.8 Å². The van der Waals surface area contributed by atoms with Crippen LogP contribution in [0.4, 0.5) is 0 Å². The van der Waals surface area contributed by atoms with E-state index in [1.54, 1.807) is 7.11 Å². The molecule has 0 aromatic heterocycles. The number of sulfonamides is 1. The Hall–Kier alpha value is -1.40. The van der Waals surface area contributed by atoms with Crippen LogP contribution in [0.25, 0.3) is 0 Å². The second-order valence-corrected chi connectivity index (χ2v) is 11.8. The van der Waals surface area contributed by atoms with Crippen LogP contribution in [-0.2, 0) is 20.2 Å². The van der Waals surface area contributed by atoms with Gasteiger partial charge in [-0.2, -0.15) is 0 Å². The molecule has 1 aromatic carbocycles. The fraction of sp³-hybridized carbons (Fsp3) is 0.696. The third kappa shape index (κ3) is 3.32. The summed E-state index contributed by atoms with van der Waals surface area (Å²) in [5.41, 5.74) is 0.0337. The number of methoxy groups -OCH3 is 1. The number of ether oxygens (including phenoxy) is 1. The van der Waals surface area contributed by atoms with E-state index in [-0.39, 0.29) is 22.4 Å². The van der Waals surface area contributed by atoms with Gasteiger partial charge in [0.15, 0.2) is 0 Å². The molecule has 0 radical (unpaired) electrons. The van der Waals surface area contributed by atoms with Gasteiger partial charge in [0.1, 0.15) is 11.5 Å². The molecule has 3 aliphatic rings. The zero-order valence-corrected chi connectivity index (χ0v) is 18.6.